The summed E-state index contributed by atoms with van der Waals surface area (Å²) in [5.41, 5.74) is 0.705. The molecule has 0 aliphatic rings. The lowest BCUT2D eigenvalue weighted by atomic mass is 10.2. The number of hydrogen-bond acceptors (Lipinski definition) is 5. The topological polar surface area (TPSA) is 130 Å². The molecule has 2 aromatic heterocycles. The van der Waals surface area contributed by atoms with Gasteiger partial charge in [0.1, 0.15) is 4.90 Å². The Balaban J connectivity index is 2.07. The van der Waals surface area contributed by atoms with E-state index in [1.807, 2.05) is 0 Å². The molecule has 1 atom stereocenters. The lowest BCUT2D eigenvalue weighted by Gasteiger charge is -2.11. The number of nitrogens with one attached hydrogen (secondary N) is 2. The number of sulfonamides is 1. The lowest BCUT2D eigenvalue weighted by molar-refractivity contribution is -0.137. The van der Waals surface area contributed by atoms with Gasteiger partial charge in [-0.25, -0.2) is 13.1 Å². The second-order valence-electron chi connectivity index (χ2n) is 4.46. The molecule has 0 fully saturated rings. The summed E-state index contributed by atoms with van der Waals surface area (Å²) in [7, 11) is -3.73. The Morgan fingerprint density at radius 2 is 2.29 bits per heavy atom. The summed E-state index contributed by atoms with van der Waals surface area (Å²) in [5, 5.41) is 18.8. The molecule has 0 saturated carbocycles. The molecule has 2 rings (SSSR count). The number of carboxylic acid groups (broad SMARTS) is 1. The minimum Gasteiger partial charge on any atom is -0.481 e. The summed E-state index contributed by atoms with van der Waals surface area (Å²) in [6.45, 7) is 1.80. The minimum atomic E-state index is -3.73. The molecule has 2 aromatic rings. The van der Waals surface area contributed by atoms with Gasteiger partial charge >= 0.3 is 5.97 Å². The van der Waals surface area contributed by atoms with E-state index in [0.717, 1.165) is 0 Å². The maximum Gasteiger partial charge on any atom is 0.305 e. The molecule has 9 nitrogen and oxygen atoms in total. The van der Waals surface area contributed by atoms with Crippen LogP contribution in [0.5, 0.6) is 0 Å². The number of nitrogens with zero attached hydrogens (tertiary/aromatic N) is 3. The van der Waals surface area contributed by atoms with Crippen molar-refractivity contribution < 1.29 is 18.3 Å². The first kappa shape index (κ1) is 15.2. The quantitative estimate of drug-likeness (QED) is 0.665. The molecule has 0 aromatic carbocycles. The highest BCUT2D eigenvalue weighted by atomic mass is 32.2. The maximum absolute atomic E-state index is 12.2. The van der Waals surface area contributed by atoms with Crippen LogP contribution in [0, 0.1) is 0 Å². The number of H-pyrrole nitrogens is 1. The fraction of sp³-hybridized carbons (Fsp3) is 0.364. The van der Waals surface area contributed by atoms with E-state index in [0.29, 0.717) is 5.56 Å². The van der Waals surface area contributed by atoms with Gasteiger partial charge in [-0.1, -0.05) is 0 Å². The highest BCUT2D eigenvalue weighted by Gasteiger charge is 2.20. The molecule has 0 saturated heterocycles. The van der Waals surface area contributed by atoms with E-state index in [4.69, 9.17) is 5.11 Å². The first-order valence-electron chi connectivity index (χ1n) is 6.14. The SMILES string of the molecule is CC(NS(=O)(=O)c1cnn(CCC(=O)O)c1)c1cn[nH]c1. The van der Waals surface area contributed by atoms with Crippen LogP contribution < -0.4 is 4.72 Å². The molecule has 3 N–H and O–H groups in total. The van der Waals surface area contributed by atoms with Crippen LogP contribution in [0.4, 0.5) is 0 Å². The molecule has 21 heavy (non-hydrogen) atoms. The third kappa shape index (κ3) is 3.89. The van der Waals surface area contributed by atoms with E-state index in [1.54, 1.807) is 13.1 Å². The zero-order valence-corrected chi connectivity index (χ0v) is 12.0. The summed E-state index contributed by atoms with van der Waals surface area (Å²) in [5.74, 6) is -0.971. The van der Waals surface area contributed by atoms with Crippen molar-refractivity contribution in [3.05, 3.63) is 30.4 Å². The van der Waals surface area contributed by atoms with Gasteiger partial charge < -0.3 is 5.11 Å². The Labute approximate surface area is 121 Å². The molecule has 114 valence electrons. The average Bonchev–Trinajstić information content (AvgIpc) is 3.07. The highest BCUT2D eigenvalue weighted by molar-refractivity contribution is 7.89. The monoisotopic (exact) mass is 313 g/mol. The normalized spacial score (nSPS) is 13.2. The van der Waals surface area contributed by atoms with Crippen molar-refractivity contribution in [2.24, 2.45) is 0 Å². The standard InChI is InChI=1S/C11H15N5O4S/c1-8(9-4-12-13-5-9)15-21(19,20)10-6-14-16(7-10)3-2-11(17)18/h4-8,15H,2-3H2,1H3,(H,12,13)(H,17,18). The summed E-state index contributed by atoms with van der Waals surface area (Å²) in [4.78, 5) is 10.5. The van der Waals surface area contributed by atoms with Gasteiger partial charge in [-0.2, -0.15) is 10.2 Å². The fourth-order valence-corrected chi connectivity index (χ4v) is 2.87. The van der Waals surface area contributed by atoms with Crippen LogP contribution >= 0.6 is 0 Å². The van der Waals surface area contributed by atoms with Crippen LogP contribution in [0.2, 0.25) is 0 Å². The second kappa shape index (κ2) is 6.06. The zero-order valence-electron chi connectivity index (χ0n) is 11.2. The molecule has 0 bridgehead atoms. The predicted octanol–water partition coefficient (Wildman–Crippen LogP) is 0.120. The molecule has 0 radical (unpaired) electrons. The third-order valence-electron chi connectivity index (χ3n) is 2.83. The molecule has 1 unspecified atom stereocenters. The molecule has 0 aliphatic carbocycles. The summed E-state index contributed by atoms with van der Waals surface area (Å²) >= 11 is 0. The zero-order chi connectivity index (χ0) is 15.5. The smallest absolute Gasteiger partial charge is 0.305 e. The number of aliphatic carboxylic acids is 1. The van der Waals surface area contributed by atoms with Crippen molar-refractivity contribution in [3.63, 3.8) is 0 Å². The molecule has 0 aliphatic heterocycles. The van der Waals surface area contributed by atoms with E-state index >= 15 is 0 Å². The average molecular weight is 313 g/mol. The van der Waals surface area contributed by atoms with E-state index in [-0.39, 0.29) is 17.9 Å². The van der Waals surface area contributed by atoms with E-state index in [2.05, 4.69) is 20.0 Å². The number of carbonyl (C=O) groups is 1. The summed E-state index contributed by atoms with van der Waals surface area (Å²) in [6, 6.07) is -0.448. The largest absolute Gasteiger partial charge is 0.481 e. The minimum absolute atomic E-state index is 0.0109. The van der Waals surface area contributed by atoms with Gasteiger partial charge in [0.2, 0.25) is 10.0 Å². The number of aromatic nitrogens is 4. The fourth-order valence-electron chi connectivity index (χ4n) is 1.68. The van der Waals surface area contributed by atoms with Gasteiger partial charge in [0.15, 0.2) is 0 Å². The number of aryl methyl sites for hydroxylation is 1. The van der Waals surface area contributed by atoms with Crippen molar-refractivity contribution in [3.8, 4) is 0 Å². The Kier molecular flexibility index (Phi) is 4.38. The van der Waals surface area contributed by atoms with Crippen LogP contribution in [-0.2, 0) is 21.4 Å². The molecular formula is C11H15N5O4S. The van der Waals surface area contributed by atoms with Gasteiger partial charge in [0, 0.05) is 24.0 Å². The Morgan fingerprint density at radius 1 is 1.52 bits per heavy atom. The van der Waals surface area contributed by atoms with Crippen molar-refractivity contribution >= 4 is 16.0 Å². The van der Waals surface area contributed by atoms with Gasteiger partial charge in [-0.3, -0.25) is 14.6 Å². The number of rotatable bonds is 7. The highest BCUT2D eigenvalue weighted by Crippen LogP contribution is 2.15. The first-order chi connectivity index (χ1) is 9.88. The number of aromatic amines is 1. The van der Waals surface area contributed by atoms with Crippen LogP contribution in [0.3, 0.4) is 0 Å². The van der Waals surface area contributed by atoms with Crippen LogP contribution in [0.1, 0.15) is 24.9 Å². The van der Waals surface area contributed by atoms with E-state index in [9.17, 15) is 13.2 Å². The summed E-state index contributed by atoms with van der Waals surface area (Å²) < 4.78 is 28.1. The van der Waals surface area contributed by atoms with Crippen LogP contribution in [-0.4, -0.2) is 39.5 Å². The van der Waals surface area contributed by atoms with Crippen molar-refractivity contribution in [1.29, 1.82) is 0 Å². The Morgan fingerprint density at radius 3 is 2.90 bits per heavy atom. The Hall–Kier alpha value is -2.20. The predicted molar refractivity (Wildman–Crippen MR) is 71.8 cm³/mol. The van der Waals surface area contributed by atoms with E-state index in [1.165, 1.54) is 23.3 Å². The van der Waals surface area contributed by atoms with Crippen molar-refractivity contribution in [2.75, 3.05) is 0 Å². The van der Waals surface area contributed by atoms with Gasteiger partial charge in [-0.15, -0.1) is 0 Å². The molecule has 2 heterocycles. The maximum atomic E-state index is 12.2. The van der Waals surface area contributed by atoms with Gasteiger partial charge in [-0.05, 0) is 6.92 Å². The molecule has 0 amide bonds. The van der Waals surface area contributed by atoms with Gasteiger partial charge in [0.25, 0.3) is 0 Å². The van der Waals surface area contributed by atoms with Gasteiger partial charge in [0.05, 0.1) is 25.4 Å². The van der Waals surface area contributed by atoms with Crippen molar-refractivity contribution in [1.82, 2.24) is 24.7 Å². The van der Waals surface area contributed by atoms with Crippen LogP contribution in [0.25, 0.3) is 0 Å². The summed E-state index contributed by atoms with van der Waals surface area (Å²) in [6.07, 6.45) is 5.49. The Bertz CT molecular complexity index is 707. The molecular weight excluding hydrogens is 298 g/mol. The van der Waals surface area contributed by atoms with Crippen LogP contribution in [0.15, 0.2) is 29.7 Å². The molecule has 10 heteroatoms. The first-order valence-corrected chi connectivity index (χ1v) is 7.62. The number of carboxylic acids is 1. The molecule has 0 spiro atoms. The number of hydrogen-bond donors (Lipinski definition) is 3. The third-order valence-corrected chi connectivity index (χ3v) is 4.32. The van der Waals surface area contributed by atoms with Crippen molar-refractivity contribution in [2.45, 2.75) is 30.8 Å². The second-order valence-corrected chi connectivity index (χ2v) is 6.17. The van der Waals surface area contributed by atoms with E-state index < -0.39 is 22.0 Å². The lowest BCUT2D eigenvalue weighted by Crippen LogP contribution is -2.26.